The van der Waals surface area contributed by atoms with Crippen molar-refractivity contribution in [2.45, 2.75) is 44.7 Å². The van der Waals surface area contributed by atoms with E-state index in [4.69, 9.17) is 0 Å². The minimum absolute atomic E-state index is 0.0284. The number of piperidine rings is 1. The van der Waals surface area contributed by atoms with Crippen molar-refractivity contribution in [3.63, 3.8) is 0 Å². The lowest BCUT2D eigenvalue weighted by molar-refractivity contribution is -0.121. The normalized spacial score (nSPS) is 24.1. The maximum absolute atomic E-state index is 12.6. The van der Waals surface area contributed by atoms with E-state index < -0.39 is 0 Å². The van der Waals surface area contributed by atoms with Crippen molar-refractivity contribution < 1.29 is 4.79 Å². The van der Waals surface area contributed by atoms with Crippen LogP contribution < -0.4 is 10.6 Å². The Hall–Kier alpha value is -1.46. The van der Waals surface area contributed by atoms with Crippen LogP contribution in [0.2, 0.25) is 0 Å². The number of rotatable bonds is 3. The van der Waals surface area contributed by atoms with E-state index in [1.165, 1.54) is 0 Å². The molecule has 2 fully saturated rings. The average Bonchev–Trinajstić information content (AvgIpc) is 3.00. The molecule has 0 radical (unpaired) electrons. The molecule has 2 aliphatic rings. The van der Waals surface area contributed by atoms with Gasteiger partial charge in [-0.1, -0.05) is 0 Å². The summed E-state index contributed by atoms with van der Waals surface area (Å²) in [5.74, 6) is 0.139. The molecule has 0 aliphatic carbocycles. The van der Waals surface area contributed by atoms with Crippen LogP contribution in [0.4, 0.5) is 5.69 Å². The largest absolute Gasteiger partial charge is 0.324 e. The molecular formula is C16H24N4O. The number of carbonyl (C=O) groups is 1. The first-order valence-electron chi connectivity index (χ1n) is 7.93. The van der Waals surface area contributed by atoms with Crippen molar-refractivity contribution >= 4 is 11.6 Å². The smallest absolute Gasteiger partial charge is 0.241 e. The van der Waals surface area contributed by atoms with Crippen molar-refractivity contribution in [3.05, 3.63) is 24.0 Å². The molecule has 0 aromatic carbocycles. The molecule has 0 saturated carbocycles. The fourth-order valence-electron chi connectivity index (χ4n) is 3.48. The van der Waals surface area contributed by atoms with E-state index in [-0.39, 0.29) is 11.9 Å². The number of aromatic nitrogens is 1. The van der Waals surface area contributed by atoms with Gasteiger partial charge >= 0.3 is 0 Å². The summed E-state index contributed by atoms with van der Waals surface area (Å²) in [5, 5.41) is 6.48. The van der Waals surface area contributed by atoms with Gasteiger partial charge in [0.25, 0.3) is 0 Å². The van der Waals surface area contributed by atoms with Crippen LogP contribution in [0.1, 0.15) is 31.2 Å². The Morgan fingerprint density at radius 3 is 2.95 bits per heavy atom. The number of hydrogen-bond acceptors (Lipinski definition) is 4. The van der Waals surface area contributed by atoms with Crippen LogP contribution in [0.25, 0.3) is 0 Å². The van der Waals surface area contributed by atoms with E-state index in [2.05, 4.69) is 20.5 Å². The molecular weight excluding hydrogens is 264 g/mol. The van der Waals surface area contributed by atoms with Gasteiger partial charge in [-0.2, -0.15) is 0 Å². The molecule has 3 rings (SSSR count). The Morgan fingerprint density at radius 2 is 2.19 bits per heavy atom. The molecule has 2 N–H and O–H groups in total. The third kappa shape index (κ3) is 3.24. The number of amides is 1. The van der Waals surface area contributed by atoms with Gasteiger partial charge in [0.1, 0.15) is 0 Å². The molecule has 1 amide bonds. The SMILES string of the molecule is Cc1cnccc1NC(=O)C1CCCN1C1CCNCC1. The molecule has 2 saturated heterocycles. The first-order valence-corrected chi connectivity index (χ1v) is 7.93. The van der Waals surface area contributed by atoms with E-state index in [0.717, 1.165) is 56.6 Å². The van der Waals surface area contributed by atoms with Crippen LogP contribution in [0, 0.1) is 6.92 Å². The number of nitrogens with zero attached hydrogens (tertiary/aromatic N) is 2. The van der Waals surface area contributed by atoms with E-state index in [0.29, 0.717) is 6.04 Å². The first kappa shape index (κ1) is 14.5. The molecule has 1 aromatic heterocycles. The van der Waals surface area contributed by atoms with Gasteiger partial charge in [0.05, 0.1) is 6.04 Å². The van der Waals surface area contributed by atoms with E-state index >= 15 is 0 Å². The minimum Gasteiger partial charge on any atom is -0.324 e. The van der Waals surface area contributed by atoms with Gasteiger partial charge in [-0.15, -0.1) is 0 Å². The molecule has 114 valence electrons. The Morgan fingerprint density at radius 1 is 1.38 bits per heavy atom. The lowest BCUT2D eigenvalue weighted by Gasteiger charge is -2.35. The highest BCUT2D eigenvalue weighted by molar-refractivity contribution is 5.95. The zero-order valence-corrected chi connectivity index (χ0v) is 12.6. The van der Waals surface area contributed by atoms with Gasteiger partial charge in [0.15, 0.2) is 0 Å². The van der Waals surface area contributed by atoms with Crippen LogP contribution in [0.15, 0.2) is 18.5 Å². The number of pyridine rings is 1. The second-order valence-electron chi connectivity index (χ2n) is 6.06. The van der Waals surface area contributed by atoms with Gasteiger partial charge in [0.2, 0.25) is 5.91 Å². The number of nitrogens with one attached hydrogen (secondary N) is 2. The zero-order chi connectivity index (χ0) is 14.7. The monoisotopic (exact) mass is 288 g/mol. The van der Waals surface area contributed by atoms with Crippen LogP contribution in [0.3, 0.4) is 0 Å². The molecule has 21 heavy (non-hydrogen) atoms. The first-order chi connectivity index (χ1) is 10.3. The lowest BCUT2D eigenvalue weighted by atomic mass is 10.0. The van der Waals surface area contributed by atoms with Crippen molar-refractivity contribution in [2.75, 3.05) is 25.0 Å². The summed E-state index contributed by atoms with van der Waals surface area (Å²) in [6.45, 7) is 5.16. The Kier molecular flexibility index (Phi) is 4.51. The van der Waals surface area contributed by atoms with E-state index in [1.807, 2.05) is 13.0 Å². The van der Waals surface area contributed by atoms with E-state index in [1.54, 1.807) is 12.4 Å². The summed E-state index contributed by atoms with van der Waals surface area (Å²) in [6.07, 6.45) is 7.91. The summed E-state index contributed by atoms with van der Waals surface area (Å²) in [5.41, 5.74) is 1.89. The van der Waals surface area contributed by atoms with Crippen LogP contribution in [0.5, 0.6) is 0 Å². The fraction of sp³-hybridized carbons (Fsp3) is 0.625. The van der Waals surface area contributed by atoms with Crippen LogP contribution >= 0.6 is 0 Å². The molecule has 0 spiro atoms. The summed E-state index contributed by atoms with van der Waals surface area (Å²) in [4.78, 5) is 19.1. The predicted molar refractivity (Wildman–Crippen MR) is 83.2 cm³/mol. The molecule has 5 heteroatoms. The third-order valence-electron chi connectivity index (χ3n) is 4.65. The van der Waals surface area contributed by atoms with Gasteiger partial charge in [0, 0.05) is 24.1 Å². The van der Waals surface area contributed by atoms with Crippen LogP contribution in [-0.4, -0.2) is 47.5 Å². The lowest BCUT2D eigenvalue weighted by Crippen LogP contribution is -2.49. The van der Waals surface area contributed by atoms with Crippen molar-refractivity contribution in [2.24, 2.45) is 0 Å². The summed E-state index contributed by atoms with van der Waals surface area (Å²) in [7, 11) is 0. The number of hydrogen-bond donors (Lipinski definition) is 2. The molecule has 1 aromatic rings. The maximum Gasteiger partial charge on any atom is 0.241 e. The molecule has 3 heterocycles. The number of aryl methyl sites for hydroxylation is 1. The standard InChI is InChI=1S/C16H24N4O/c1-12-11-18-9-6-14(12)19-16(21)15-3-2-10-20(15)13-4-7-17-8-5-13/h6,9,11,13,15,17H,2-5,7-8,10H2,1H3,(H,18,19,21). The highest BCUT2D eigenvalue weighted by atomic mass is 16.2. The van der Waals surface area contributed by atoms with Gasteiger partial charge in [-0.25, -0.2) is 0 Å². The fourth-order valence-corrected chi connectivity index (χ4v) is 3.48. The van der Waals surface area contributed by atoms with Gasteiger partial charge in [-0.05, 0) is 63.9 Å². The quantitative estimate of drug-likeness (QED) is 0.886. The molecule has 1 atom stereocenters. The average molecular weight is 288 g/mol. The number of likely N-dealkylation sites (tertiary alicyclic amines) is 1. The predicted octanol–water partition coefficient (Wildman–Crippen LogP) is 1.54. The maximum atomic E-state index is 12.6. The second-order valence-corrected chi connectivity index (χ2v) is 6.06. The molecule has 5 nitrogen and oxygen atoms in total. The third-order valence-corrected chi connectivity index (χ3v) is 4.65. The Balaban J connectivity index is 1.67. The summed E-state index contributed by atoms with van der Waals surface area (Å²) in [6, 6.07) is 2.46. The second kappa shape index (κ2) is 6.54. The number of anilines is 1. The summed E-state index contributed by atoms with van der Waals surface area (Å²) < 4.78 is 0. The highest BCUT2D eigenvalue weighted by Crippen LogP contribution is 2.25. The van der Waals surface area contributed by atoms with Crippen molar-refractivity contribution in [3.8, 4) is 0 Å². The van der Waals surface area contributed by atoms with Gasteiger partial charge < -0.3 is 10.6 Å². The van der Waals surface area contributed by atoms with Gasteiger partial charge in [-0.3, -0.25) is 14.7 Å². The summed E-state index contributed by atoms with van der Waals surface area (Å²) >= 11 is 0. The van der Waals surface area contributed by atoms with Crippen LogP contribution in [-0.2, 0) is 4.79 Å². The Bertz CT molecular complexity index is 499. The van der Waals surface area contributed by atoms with Crippen molar-refractivity contribution in [1.82, 2.24) is 15.2 Å². The molecule has 2 aliphatic heterocycles. The molecule has 1 unspecified atom stereocenters. The number of carbonyl (C=O) groups excluding carboxylic acids is 1. The van der Waals surface area contributed by atoms with E-state index in [9.17, 15) is 4.79 Å². The minimum atomic E-state index is 0.0284. The molecule has 0 bridgehead atoms. The Labute approximate surface area is 126 Å². The highest BCUT2D eigenvalue weighted by Gasteiger charge is 2.35. The van der Waals surface area contributed by atoms with Crippen molar-refractivity contribution in [1.29, 1.82) is 0 Å². The zero-order valence-electron chi connectivity index (χ0n) is 12.6. The topological polar surface area (TPSA) is 57.3 Å².